The number of amides is 3. The van der Waals surface area contributed by atoms with Crippen LogP contribution < -0.4 is 5.32 Å². The minimum Gasteiger partial charge on any atom is -0.343 e. The molecule has 0 unspecified atom stereocenters. The van der Waals surface area contributed by atoms with Gasteiger partial charge in [0.25, 0.3) is 11.8 Å². The third kappa shape index (κ3) is 4.84. The molecule has 0 saturated carbocycles. The number of thiazole rings is 1. The number of halogens is 1. The molecule has 30 heavy (non-hydrogen) atoms. The standard InChI is InChI=1S/C21H25FN4O3S/c1-3-25(4-2)19(28)14-8-7-11-26(12-14)20(29)17-13-30-21(23-17)24-18(27)15-9-5-6-10-16(15)22/h5-6,9-10,13-14H,3-4,7-8,11-12H2,1-2H3,(H,23,24,27)/t14-/m1/s1. The summed E-state index contributed by atoms with van der Waals surface area (Å²) in [6, 6.07) is 5.66. The van der Waals surface area contributed by atoms with Crippen molar-refractivity contribution in [2.24, 2.45) is 5.92 Å². The Morgan fingerprint density at radius 1 is 1.27 bits per heavy atom. The lowest BCUT2D eigenvalue weighted by atomic mass is 9.96. The fourth-order valence-electron chi connectivity index (χ4n) is 3.56. The molecule has 2 aromatic rings. The largest absolute Gasteiger partial charge is 0.343 e. The molecule has 1 N–H and O–H groups in total. The van der Waals surface area contributed by atoms with Crippen LogP contribution in [0.25, 0.3) is 0 Å². The Bertz CT molecular complexity index is 928. The van der Waals surface area contributed by atoms with Crippen molar-refractivity contribution in [3.8, 4) is 0 Å². The number of anilines is 1. The second-order valence-electron chi connectivity index (χ2n) is 7.07. The van der Waals surface area contributed by atoms with Crippen molar-refractivity contribution in [1.29, 1.82) is 0 Å². The normalized spacial score (nSPS) is 16.2. The van der Waals surface area contributed by atoms with Gasteiger partial charge in [-0.1, -0.05) is 12.1 Å². The van der Waals surface area contributed by atoms with Crippen molar-refractivity contribution >= 4 is 34.2 Å². The summed E-state index contributed by atoms with van der Waals surface area (Å²) in [6.45, 7) is 6.12. The van der Waals surface area contributed by atoms with Crippen molar-refractivity contribution < 1.29 is 18.8 Å². The average molecular weight is 433 g/mol. The average Bonchev–Trinajstić information content (AvgIpc) is 3.22. The lowest BCUT2D eigenvalue weighted by molar-refractivity contribution is -0.136. The maximum atomic E-state index is 13.8. The van der Waals surface area contributed by atoms with Crippen LogP contribution in [0.3, 0.4) is 0 Å². The number of carbonyl (C=O) groups is 3. The molecule has 1 aromatic carbocycles. The summed E-state index contributed by atoms with van der Waals surface area (Å²) in [6.07, 6.45) is 1.52. The first-order valence-electron chi connectivity index (χ1n) is 10.0. The molecule has 1 saturated heterocycles. The third-order valence-corrected chi connectivity index (χ3v) is 5.95. The molecule has 1 aromatic heterocycles. The number of hydrogen-bond acceptors (Lipinski definition) is 5. The van der Waals surface area contributed by atoms with Gasteiger partial charge < -0.3 is 9.80 Å². The number of hydrogen-bond donors (Lipinski definition) is 1. The molecule has 3 rings (SSSR count). The van der Waals surface area contributed by atoms with Gasteiger partial charge in [-0.25, -0.2) is 9.37 Å². The van der Waals surface area contributed by atoms with E-state index in [1.165, 1.54) is 18.2 Å². The predicted octanol–water partition coefficient (Wildman–Crippen LogP) is 3.26. The predicted molar refractivity (Wildman–Crippen MR) is 113 cm³/mol. The van der Waals surface area contributed by atoms with E-state index in [-0.39, 0.29) is 34.1 Å². The Morgan fingerprint density at radius 3 is 2.70 bits per heavy atom. The van der Waals surface area contributed by atoms with E-state index in [9.17, 15) is 18.8 Å². The minimum absolute atomic E-state index is 0.0774. The molecule has 0 aliphatic carbocycles. The Hall–Kier alpha value is -2.81. The van der Waals surface area contributed by atoms with Crippen LogP contribution in [0, 0.1) is 11.7 Å². The van der Waals surface area contributed by atoms with Crippen LogP contribution in [0.5, 0.6) is 0 Å². The van der Waals surface area contributed by atoms with E-state index in [4.69, 9.17) is 0 Å². The lowest BCUT2D eigenvalue weighted by Gasteiger charge is -2.34. The Labute approximate surface area is 178 Å². The molecule has 1 fully saturated rings. The van der Waals surface area contributed by atoms with Crippen LogP contribution >= 0.6 is 11.3 Å². The van der Waals surface area contributed by atoms with E-state index >= 15 is 0 Å². The monoisotopic (exact) mass is 432 g/mol. The highest BCUT2D eigenvalue weighted by Crippen LogP contribution is 2.23. The maximum absolute atomic E-state index is 13.8. The summed E-state index contributed by atoms with van der Waals surface area (Å²) in [5.74, 6) is -1.64. The zero-order chi connectivity index (χ0) is 21.7. The number of nitrogens with one attached hydrogen (secondary N) is 1. The van der Waals surface area contributed by atoms with Crippen molar-refractivity contribution in [3.63, 3.8) is 0 Å². The van der Waals surface area contributed by atoms with Crippen LogP contribution in [0.4, 0.5) is 9.52 Å². The highest BCUT2D eigenvalue weighted by atomic mass is 32.1. The SMILES string of the molecule is CCN(CC)C(=O)[C@@H]1CCCN(C(=O)c2csc(NC(=O)c3ccccc3F)n2)C1. The van der Waals surface area contributed by atoms with Gasteiger partial charge in [0.1, 0.15) is 11.5 Å². The molecule has 1 aliphatic heterocycles. The van der Waals surface area contributed by atoms with Crippen LogP contribution in [-0.4, -0.2) is 58.7 Å². The highest BCUT2D eigenvalue weighted by molar-refractivity contribution is 7.14. The molecular weight excluding hydrogens is 407 g/mol. The summed E-state index contributed by atoms with van der Waals surface area (Å²) in [4.78, 5) is 45.4. The number of rotatable bonds is 6. The fraction of sp³-hybridized carbons (Fsp3) is 0.429. The molecule has 7 nitrogen and oxygen atoms in total. The number of piperidine rings is 1. The van der Waals surface area contributed by atoms with Gasteiger partial charge in [0.2, 0.25) is 5.91 Å². The molecule has 0 spiro atoms. The Kier molecular flexibility index (Phi) is 7.15. The molecule has 0 bridgehead atoms. The van der Waals surface area contributed by atoms with Gasteiger partial charge in [0, 0.05) is 31.6 Å². The van der Waals surface area contributed by atoms with Crippen molar-refractivity contribution in [2.45, 2.75) is 26.7 Å². The molecule has 1 aliphatic rings. The smallest absolute Gasteiger partial charge is 0.273 e. The zero-order valence-corrected chi connectivity index (χ0v) is 17.9. The first kappa shape index (κ1) is 21.9. The van der Waals surface area contributed by atoms with E-state index in [1.54, 1.807) is 21.2 Å². The molecule has 0 radical (unpaired) electrons. The highest BCUT2D eigenvalue weighted by Gasteiger charge is 2.31. The third-order valence-electron chi connectivity index (χ3n) is 5.20. The van der Waals surface area contributed by atoms with Crippen LogP contribution in [-0.2, 0) is 4.79 Å². The molecule has 1 atom stereocenters. The van der Waals surface area contributed by atoms with Gasteiger partial charge in [0.05, 0.1) is 11.5 Å². The van der Waals surface area contributed by atoms with Crippen LogP contribution in [0.2, 0.25) is 0 Å². The summed E-state index contributed by atoms with van der Waals surface area (Å²) in [5, 5.41) is 4.32. The van der Waals surface area contributed by atoms with Crippen LogP contribution in [0.1, 0.15) is 47.5 Å². The number of aromatic nitrogens is 1. The van der Waals surface area contributed by atoms with Crippen molar-refractivity contribution in [1.82, 2.24) is 14.8 Å². The summed E-state index contributed by atoms with van der Waals surface area (Å²) in [5.41, 5.74) is 0.120. The summed E-state index contributed by atoms with van der Waals surface area (Å²) < 4.78 is 13.8. The number of nitrogens with zero attached hydrogens (tertiary/aromatic N) is 3. The first-order valence-corrected chi connectivity index (χ1v) is 10.9. The van der Waals surface area contributed by atoms with Gasteiger partial charge in [0.15, 0.2) is 5.13 Å². The quantitative estimate of drug-likeness (QED) is 0.760. The topological polar surface area (TPSA) is 82.6 Å². The van der Waals surface area contributed by atoms with Gasteiger partial charge in [-0.3, -0.25) is 19.7 Å². The lowest BCUT2D eigenvalue weighted by Crippen LogP contribution is -2.46. The summed E-state index contributed by atoms with van der Waals surface area (Å²) in [7, 11) is 0. The van der Waals surface area contributed by atoms with E-state index in [2.05, 4.69) is 10.3 Å². The second kappa shape index (κ2) is 9.80. The molecule has 160 valence electrons. The summed E-state index contributed by atoms with van der Waals surface area (Å²) >= 11 is 1.10. The Balaban J connectivity index is 1.65. The van der Waals surface area contributed by atoms with Crippen molar-refractivity contribution in [3.05, 3.63) is 46.7 Å². The number of likely N-dealkylation sites (tertiary alicyclic amines) is 1. The zero-order valence-electron chi connectivity index (χ0n) is 17.1. The van der Waals surface area contributed by atoms with Crippen LogP contribution in [0.15, 0.2) is 29.6 Å². The molecular formula is C21H25FN4O3S. The van der Waals surface area contributed by atoms with Gasteiger partial charge in [-0.2, -0.15) is 0 Å². The van der Waals surface area contributed by atoms with Gasteiger partial charge in [-0.15, -0.1) is 11.3 Å². The Morgan fingerprint density at radius 2 is 2.00 bits per heavy atom. The van der Waals surface area contributed by atoms with Gasteiger partial charge in [-0.05, 0) is 38.8 Å². The minimum atomic E-state index is -0.625. The van der Waals surface area contributed by atoms with Crippen molar-refractivity contribution in [2.75, 3.05) is 31.5 Å². The molecule has 3 amide bonds. The molecule has 9 heteroatoms. The fourth-order valence-corrected chi connectivity index (χ4v) is 4.24. The van der Waals surface area contributed by atoms with E-state index in [0.717, 1.165) is 24.2 Å². The number of benzene rings is 1. The second-order valence-corrected chi connectivity index (χ2v) is 7.93. The first-order chi connectivity index (χ1) is 14.4. The number of carbonyl (C=O) groups excluding carboxylic acids is 3. The van der Waals surface area contributed by atoms with Gasteiger partial charge >= 0.3 is 0 Å². The van der Waals surface area contributed by atoms with E-state index in [1.807, 2.05) is 13.8 Å². The maximum Gasteiger partial charge on any atom is 0.273 e. The van der Waals surface area contributed by atoms with E-state index in [0.29, 0.717) is 26.2 Å². The molecule has 2 heterocycles. The van der Waals surface area contributed by atoms with E-state index < -0.39 is 11.7 Å².